The SMILES string of the molecule is O=C(O)Cn1ncc(NC[C@]23CCC[C@H]2OCC3)c(Cl)c1=O. The third kappa shape index (κ3) is 2.70. The zero-order valence-corrected chi connectivity index (χ0v) is 12.8. The number of fused-ring (bicyclic) bond motifs is 1. The molecule has 0 aromatic carbocycles. The molecule has 1 saturated carbocycles. The van der Waals surface area contributed by atoms with Gasteiger partial charge >= 0.3 is 5.97 Å². The monoisotopic (exact) mass is 327 g/mol. The van der Waals surface area contributed by atoms with Gasteiger partial charge in [-0.15, -0.1) is 0 Å². The second-order valence-corrected chi connectivity index (χ2v) is 6.32. The quantitative estimate of drug-likeness (QED) is 0.848. The number of hydrogen-bond acceptors (Lipinski definition) is 5. The van der Waals surface area contributed by atoms with Gasteiger partial charge in [-0.3, -0.25) is 9.59 Å². The van der Waals surface area contributed by atoms with Gasteiger partial charge in [0.05, 0.1) is 18.0 Å². The first-order valence-electron chi connectivity index (χ1n) is 7.35. The molecular weight excluding hydrogens is 310 g/mol. The number of carbonyl (C=O) groups is 1. The van der Waals surface area contributed by atoms with E-state index in [0.717, 1.165) is 37.0 Å². The van der Waals surface area contributed by atoms with E-state index in [1.165, 1.54) is 6.20 Å². The number of aromatic nitrogens is 2. The van der Waals surface area contributed by atoms with Crippen LogP contribution >= 0.6 is 11.6 Å². The fraction of sp³-hybridized carbons (Fsp3) is 0.643. The van der Waals surface area contributed by atoms with Gasteiger partial charge in [0, 0.05) is 18.6 Å². The van der Waals surface area contributed by atoms with Crippen molar-refractivity contribution >= 4 is 23.3 Å². The number of aliphatic carboxylic acids is 1. The topological polar surface area (TPSA) is 93.4 Å². The van der Waals surface area contributed by atoms with Crippen molar-refractivity contribution in [2.45, 2.75) is 38.3 Å². The summed E-state index contributed by atoms with van der Waals surface area (Å²) in [7, 11) is 0. The van der Waals surface area contributed by atoms with Gasteiger partial charge in [-0.1, -0.05) is 18.0 Å². The molecule has 2 aliphatic rings. The molecule has 0 amide bonds. The second-order valence-electron chi connectivity index (χ2n) is 5.95. The van der Waals surface area contributed by atoms with Crippen LogP contribution in [0.25, 0.3) is 0 Å². The first-order chi connectivity index (χ1) is 10.5. The highest BCUT2D eigenvalue weighted by atomic mass is 35.5. The molecule has 2 fully saturated rings. The molecule has 0 spiro atoms. The summed E-state index contributed by atoms with van der Waals surface area (Å²) in [6.45, 7) is 0.957. The van der Waals surface area contributed by atoms with E-state index >= 15 is 0 Å². The van der Waals surface area contributed by atoms with Gasteiger partial charge in [0.25, 0.3) is 5.56 Å². The van der Waals surface area contributed by atoms with E-state index in [-0.39, 0.29) is 16.5 Å². The van der Waals surface area contributed by atoms with Crippen LogP contribution in [0.4, 0.5) is 5.69 Å². The van der Waals surface area contributed by atoms with Gasteiger partial charge in [0.15, 0.2) is 0 Å². The van der Waals surface area contributed by atoms with E-state index < -0.39 is 18.1 Å². The summed E-state index contributed by atoms with van der Waals surface area (Å²) in [6, 6.07) is 0. The molecule has 1 aromatic heterocycles. The lowest BCUT2D eigenvalue weighted by Crippen LogP contribution is -2.34. The highest BCUT2D eigenvalue weighted by Gasteiger charge is 2.47. The minimum atomic E-state index is -1.14. The molecule has 1 aliphatic heterocycles. The largest absolute Gasteiger partial charge is 0.480 e. The zero-order valence-electron chi connectivity index (χ0n) is 12.0. The lowest BCUT2D eigenvalue weighted by molar-refractivity contribution is -0.138. The van der Waals surface area contributed by atoms with Crippen molar-refractivity contribution in [3.05, 3.63) is 21.6 Å². The number of nitrogens with zero attached hydrogens (tertiary/aromatic N) is 2. The molecule has 0 radical (unpaired) electrons. The summed E-state index contributed by atoms with van der Waals surface area (Å²) in [5.74, 6) is -1.14. The number of ether oxygens (including phenoxy) is 1. The third-order valence-electron chi connectivity index (χ3n) is 4.64. The number of carboxylic acid groups (broad SMARTS) is 1. The smallest absolute Gasteiger partial charge is 0.325 e. The minimum Gasteiger partial charge on any atom is -0.480 e. The van der Waals surface area contributed by atoms with Crippen LogP contribution in [0.5, 0.6) is 0 Å². The molecule has 2 atom stereocenters. The Bertz CT molecular complexity index is 635. The Kier molecular flexibility index (Phi) is 4.10. The van der Waals surface area contributed by atoms with Gasteiger partial charge in [-0.25, -0.2) is 4.68 Å². The zero-order chi connectivity index (χ0) is 15.7. The predicted octanol–water partition coefficient (Wildman–Crippen LogP) is 1.35. The molecule has 1 aliphatic carbocycles. The Balaban J connectivity index is 1.74. The summed E-state index contributed by atoms with van der Waals surface area (Å²) < 4.78 is 6.60. The minimum absolute atomic E-state index is 0.0267. The number of carboxylic acids is 1. The standard InChI is InChI=1S/C14H18ClN3O4/c15-12-9(6-17-18(13(12)21)7-11(19)20)16-8-14-3-1-2-10(14)22-5-4-14/h6,10,16H,1-5,7-8H2,(H,19,20)/t10-,14-/m1/s1. The van der Waals surface area contributed by atoms with Gasteiger partial charge in [0.1, 0.15) is 11.6 Å². The number of halogens is 1. The van der Waals surface area contributed by atoms with Crippen molar-refractivity contribution < 1.29 is 14.6 Å². The molecule has 1 saturated heterocycles. The first kappa shape index (κ1) is 15.3. The predicted molar refractivity (Wildman–Crippen MR) is 80.3 cm³/mol. The molecule has 2 heterocycles. The molecule has 7 nitrogen and oxygen atoms in total. The first-order valence-corrected chi connectivity index (χ1v) is 7.72. The Hall–Kier alpha value is -1.60. The van der Waals surface area contributed by atoms with Crippen LogP contribution in [-0.2, 0) is 16.1 Å². The van der Waals surface area contributed by atoms with E-state index in [2.05, 4.69) is 10.4 Å². The van der Waals surface area contributed by atoms with Gasteiger partial charge in [-0.2, -0.15) is 5.10 Å². The molecule has 0 unspecified atom stereocenters. The molecular formula is C14H18ClN3O4. The second kappa shape index (κ2) is 5.89. The fourth-order valence-corrected chi connectivity index (χ4v) is 3.66. The Morgan fingerprint density at radius 1 is 1.59 bits per heavy atom. The summed E-state index contributed by atoms with van der Waals surface area (Å²) in [6.07, 6.45) is 6.02. The average molecular weight is 328 g/mol. The van der Waals surface area contributed by atoms with Gasteiger partial charge in [0.2, 0.25) is 0 Å². The van der Waals surface area contributed by atoms with E-state index in [1.54, 1.807) is 0 Å². The summed E-state index contributed by atoms with van der Waals surface area (Å²) in [5.41, 5.74) is -0.0448. The number of rotatable bonds is 5. The number of hydrogen-bond donors (Lipinski definition) is 2. The van der Waals surface area contributed by atoms with Crippen LogP contribution in [0.2, 0.25) is 5.02 Å². The maximum absolute atomic E-state index is 12.0. The lowest BCUT2D eigenvalue weighted by atomic mass is 9.83. The van der Waals surface area contributed by atoms with E-state index in [4.69, 9.17) is 21.4 Å². The molecule has 22 heavy (non-hydrogen) atoms. The van der Waals surface area contributed by atoms with Crippen LogP contribution in [0, 0.1) is 5.41 Å². The van der Waals surface area contributed by atoms with Crippen LogP contribution in [0.3, 0.4) is 0 Å². The molecule has 120 valence electrons. The van der Waals surface area contributed by atoms with Crippen LogP contribution < -0.4 is 10.9 Å². The van der Waals surface area contributed by atoms with Gasteiger partial charge < -0.3 is 15.2 Å². The molecule has 2 N–H and O–H groups in total. The fourth-order valence-electron chi connectivity index (χ4n) is 3.45. The summed E-state index contributed by atoms with van der Waals surface area (Å²) in [4.78, 5) is 22.7. The molecule has 0 bridgehead atoms. The van der Waals surface area contributed by atoms with E-state index in [1.807, 2.05) is 0 Å². The van der Waals surface area contributed by atoms with Crippen molar-refractivity contribution in [3.63, 3.8) is 0 Å². The summed E-state index contributed by atoms with van der Waals surface area (Å²) in [5, 5.41) is 15.8. The van der Waals surface area contributed by atoms with Crippen molar-refractivity contribution in [1.82, 2.24) is 9.78 Å². The average Bonchev–Trinajstić information content (AvgIpc) is 3.02. The third-order valence-corrected chi connectivity index (χ3v) is 5.01. The van der Waals surface area contributed by atoms with Gasteiger partial charge in [-0.05, 0) is 19.3 Å². The van der Waals surface area contributed by atoms with Crippen molar-refractivity contribution in [3.8, 4) is 0 Å². The van der Waals surface area contributed by atoms with Crippen molar-refractivity contribution in [1.29, 1.82) is 0 Å². The van der Waals surface area contributed by atoms with Crippen molar-refractivity contribution in [2.24, 2.45) is 5.41 Å². The van der Waals surface area contributed by atoms with Crippen LogP contribution in [-0.4, -0.2) is 40.1 Å². The van der Waals surface area contributed by atoms with Crippen LogP contribution in [0.1, 0.15) is 25.7 Å². The molecule has 1 aromatic rings. The normalized spacial score (nSPS) is 26.9. The Labute approximate surface area is 132 Å². The number of anilines is 1. The summed E-state index contributed by atoms with van der Waals surface area (Å²) >= 11 is 6.05. The molecule has 8 heteroatoms. The molecule has 3 rings (SSSR count). The Morgan fingerprint density at radius 3 is 3.18 bits per heavy atom. The highest BCUT2D eigenvalue weighted by Crippen LogP contribution is 2.47. The van der Waals surface area contributed by atoms with Crippen LogP contribution in [0.15, 0.2) is 11.0 Å². The lowest BCUT2D eigenvalue weighted by Gasteiger charge is -2.28. The van der Waals surface area contributed by atoms with E-state index in [0.29, 0.717) is 12.2 Å². The highest BCUT2D eigenvalue weighted by molar-refractivity contribution is 6.32. The number of nitrogens with one attached hydrogen (secondary N) is 1. The maximum Gasteiger partial charge on any atom is 0.325 e. The Morgan fingerprint density at radius 2 is 2.41 bits per heavy atom. The van der Waals surface area contributed by atoms with Crippen molar-refractivity contribution in [2.75, 3.05) is 18.5 Å². The van der Waals surface area contributed by atoms with E-state index in [9.17, 15) is 9.59 Å². The maximum atomic E-state index is 12.0.